The average Bonchev–Trinajstić information content (AvgIpc) is 3.02. The first-order valence-corrected chi connectivity index (χ1v) is 7.55. The number of rotatable bonds is 2. The van der Waals surface area contributed by atoms with E-state index in [2.05, 4.69) is 5.32 Å². The van der Waals surface area contributed by atoms with Gasteiger partial charge in [0.05, 0.1) is 0 Å². The van der Waals surface area contributed by atoms with Gasteiger partial charge in [-0.05, 0) is 68.5 Å². The largest absolute Gasteiger partial charge is 0.339 e. The first-order valence-electron chi connectivity index (χ1n) is 7.55. The van der Waals surface area contributed by atoms with E-state index < -0.39 is 0 Å². The van der Waals surface area contributed by atoms with E-state index in [1.165, 1.54) is 6.07 Å². The molecule has 3 rings (SSSR count). The quantitative estimate of drug-likeness (QED) is 0.900. The number of hydrogen-bond donors (Lipinski definition) is 1. The van der Waals surface area contributed by atoms with Crippen LogP contribution < -0.4 is 5.32 Å². The summed E-state index contributed by atoms with van der Waals surface area (Å²) in [6.45, 7) is 3.51. The van der Waals surface area contributed by atoms with Crippen molar-refractivity contribution in [2.24, 2.45) is 0 Å². The molecule has 0 aromatic heterocycles. The van der Waals surface area contributed by atoms with Gasteiger partial charge in [-0.1, -0.05) is 0 Å². The molecule has 0 saturated carbocycles. The Bertz CT molecular complexity index is 491. The molecule has 0 radical (unpaired) electrons. The van der Waals surface area contributed by atoms with Crippen molar-refractivity contribution in [2.45, 2.75) is 31.6 Å². The van der Waals surface area contributed by atoms with Crippen LogP contribution in [-0.4, -0.2) is 37.0 Å². The first-order chi connectivity index (χ1) is 9.75. The molecular formula is C16H21FN2O. The summed E-state index contributed by atoms with van der Waals surface area (Å²) in [4.78, 5) is 14.3. The van der Waals surface area contributed by atoms with Crippen LogP contribution in [0.25, 0.3) is 0 Å². The highest BCUT2D eigenvalue weighted by Crippen LogP contribution is 2.28. The SMILES string of the molecule is O=C(c1ccc(F)c(C2CCNCC2)c1)N1CCCC1. The lowest BCUT2D eigenvalue weighted by Gasteiger charge is -2.24. The fourth-order valence-corrected chi connectivity index (χ4v) is 3.23. The van der Waals surface area contributed by atoms with Crippen LogP contribution in [0.4, 0.5) is 4.39 Å². The molecule has 0 unspecified atom stereocenters. The number of carbonyl (C=O) groups is 1. The van der Waals surface area contributed by atoms with E-state index in [9.17, 15) is 9.18 Å². The molecule has 2 heterocycles. The van der Waals surface area contributed by atoms with Crippen molar-refractivity contribution in [2.75, 3.05) is 26.2 Å². The van der Waals surface area contributed by atoms with Crippen molar-refractivity contribution in [1.82, 2.24) is 10.2 Å². The Morgan fingerprint density at radius 2 is 1.90 bits per heavy atom. The molecule has 2 aliphatic rings. The lowest BCUT2D eigenvalue weighted by atomic mass is 9.89. The number of piperidine rings is 1. The van der Waals surface area contributed by atoms with Gasteiger partial charge in [0.1, 0.15) is 5.82 Å². The van der Waals surface area contributed by atoms with E-state index in [4.69, 9.17) is 0 Å². The van der Waals surface area contributed by atoms with Gasteiger partial charge < -0.3 is 10.2 Å². The number of carbonyl (C=O) groups excluding carboxylic acids is 1. The third-order valence-electron chi connectivity index (χ3n) is 4.42. The molecule has 1 aromatic carbocycles. The Morgan fingerprint density at radius 1 is 1.20 bits per heavy atom. The van der Waals surface area contributed by atoms with Crippen LogP contribution in [0, 0.1) is 5.82 Å². The Labute approximate surface area is 119 Å². The molecule has 0 aliphatic carbocycles. The summed E-state index contributed by atoms with van der Waals surface area (Å²) >= 11 is 0. The zero-order chi connectivity index (χ0) is 13.9. The summed E-state index contributed by atoms with van der Waals surface area (Å²) < 4.78 is 14.0. The number of nitrogens with zero attached hydrogens (tertiary/aromatic N) is 1. The van der Waals surface area contributed by atoms with Crippen LogP contribution in [0.3, 0.4) is 0 Å². The van der Waals surface area contributed by atoms with Crippen LogP contribution in [0.1, 0.15) is 47.5 Å². The molecule has 2 saturated heterocycles. The Kier molecular flexibility index (Phi) is 4.01. The monoisotopic (exact) mass is 276 g/mol. The van der Waals surface area contributed by atoms with E-state index in [1.54, 1.807) is 12.1 Å². The standard InChI is InChI=1S/C16H21FN2O/c17-15-4-3-13(16(20)19-9-1-2-10-19)11-14(15)12-5-7-18-8-6-12/h3-4,11-12,18H,1-2,5-10H2. The molecule has 1 aromatic rings. The number of amides is 1. The maximum atomic E-state index is 14.0. The maximum Gasteiger partial charge on any atom is 0.253 e. The summed E-state index contributed by atoms with van der Waals surface area (Å²) in [5.74, 6) is 0.120. The number of hydrogen-bond acceptors (Lipinski definition) is 2. The molecule has 0 atom stereocenters. The van der Waals surface area contributed by atoms with Gasteiger partial charge in [0, 0.05) is 18.7 Å². The molecule has 0 spiro atoms. The van der Waals surface area contributed by atoms with Crippen molar-refractivity contribution in [3.8, 4) is 0 Å². The fraction of sp³-hybridized carbons (Fsp3) is 0.562. The molecule has 0 bridgehead atoms. The van der Waals surface area contributed by atoms with Gasteiger partial charge >= 0.3 is 0 Å². The van der Waals surface area contributed by atoms with Crippen LogP contribution in [0.2, 0.25) is 0 Å². The lowest BCUT2D eigenvalue weighted by Crippen LogP contribution is -2.29. The molecule has 108 valence electrons. The molecule has 2 fully saturated rings. The zero-order valence-corrected chi connectivity index (χ0v) is 11.7. The van der Waals surface area contributed by atoms with Gasteiger partial charge in [0.2, 0.25) is 0 Å². The number of benzene rings is 1. The Morgan fingerprint density at radius 3 is 2.60 bits per heavy atom. The summed E-state index contributed by atoms with van der Waals surface area (Å²) in [5.41, 5.74) is 1.36. The molecular weight excluding hydrogens is 255 g/mol. The molecule has 1 N–H and O–H groups in total. The third-order valence-corrected chi connectivity index (χ3v) is 4.42. The predicted molar refractivity (Wildman–Crippen MR) is 76.4 cm³/mol. The second-order valence-corrected chi connectivity index (χ2v) is 5.76. The van der Waals surface area contributed by atoms with Crippen molar-refractivity contribution in [3.63, 3.8) is 0 Å². The highest BCUT2D eigenvalue weighted by Gasteiger charge is 2.23. The van der Waals surface area contributed by atoms with E-state index in [0.717, 1.165) is 57.4 Å². The van der Waals surface area contributed by atoms with Gasteiger partial charge in [-0.2, -0.15) is 0 Å². The maximum absolute atomic E-state index is 14.0. The van der Waals surface area contributed by atoms with Gasteiger partial charge in [-0.3, -0.25) is 4.79 Å². The molecule has 3 nitrogen and oxygen atoms in total. The topological polar surface area (TPSA) is 32.3 Å². The minimum atomic E-state index is -0.171. The summed E-state index contributed by atoms with van der Waals surface area (Å²) in [6, 6.07) is 4.87. The normalized spacial score (nSPS) is 20.4. The summed E-state index contributed by atoms with van der Waals surface area (Å²) in [6.07, 6.45) is 4.04. The van der Waals surface area contributed by atoms with E-state index in [0.29, 0.717) is 5.56 Å². The highest BCUT2D eigenvalue weighted by atomic mass is 19.1. The minimum absolute atomic E-state index is 0.0534. The first kappa shape index (κ1) is 13.6. The smallest absolute Gasteiger partial charge is 0.253 e. The number of halogens is 1. The lowest BCUT2D eigenvalue weighted by molar-refractivity contribution is 0.0792. The van der Waals surface area contributed by atoms with Crippen molar-refractivity contribution in [3.05, 3.63) is 35.1 Å². The highest BCUT2D eigenvalue weighted by molar-refractivity contribution is 5.94. The van der Waals surface area contributed by atoms with E-state index in [-0.39, 0.29) is 17.6 Å². The Hall–Kier alpha value is -1.42. The second-order valence-electron chi connectivity index (χ2n) is 5.76. The van der Waals surface area contributed by atoms with Gasteiger partial charge in [0.15, 0.2) is 0 Å². The van der Waals surface area contributed by atoms with Gasteiger partial charge in [-0.25, -0.2) is 4.39 Å². The molecule has 1 amide bonds. The zero-order valence-electron chi connectivity index (χ0n) is 11.7. The molecule has 20 heavy (non-hydrogen) atoms. The molecule has 4 heteroatoms. The van der Waals surface area contributed by atoms with E-state index >= 15 is 0 Å². The van der Waals surface area contributed by atoms with Crippen LogP contribution in [0.5, 0.6) is 0 Å². The average molecular weight is 276 g/mol. The Balaban J connectivity index is 1.83. The van der Waals surface area contributed by atoms with Crippen molar-refractivity contribution >= 4 is 5.91 Å². The summed E-state index contributed by atoms with van der Waals surface area (Å²) in [7, 11) is 0. The van der Waals surface area contributed by atoms with E-state index in [1.807, 2.05) is 4.90 Å². The summed E-state index contributed by atoms with van der Waals surface area (Å²) in [5, 5.41) is 3.29. The third kappa shape index (κ3) is 2.70. The van der Waals surface area contributed by atoms with Gasteiger partial charge in [0.25, 0.3) is 5.91 Å². The van der Waals surface area contributed by atoms with Crippen LogP contribution >= 0.6 is 0 Å². The van der Waals surface area contributed by atoms with Gasteiger partial charge in [-0.15, -0.1) is 0 Å². The van der Waals surface area contributed by atoms with Crippen LogP contribution in [-0.2, 0) is 0 Å². The van der Waals surface area contributed by atoms with Crippen LogP contribution in [0.15, 0.2) is 18.2 Å². The molecule has 2 aliphatic heterocycles. The number of likely N-dealkylation sites (tertiary alicyclic amines) is 1. The fourth-order valence-electron chi connectivity index (χ4n) is 3.23. The van der Waals surface area contributed by atoms with Crippen molar-refractivity contribution in [1.29, 1.82) is 0 Å². The number of nitrogens with one attached hydrogen (secondary N) is 1. The minimum Gasteiger partial charge on any atom is -0.339 e. The second kappa shape index (κ2) is 5.92. The van der Waals surface area contributed by atoms with Crippen molar-refractivity contribution < 1.29 is 9.18 Å². The predicted octanol–water partition coefficient (Wildman–Crippen LogP) is 2.53.